The maximum absolute atomic E-state index is 13.4. The predicted octanol–water partition coefficient (Wildman–Crippen LogP) is 3.98. The van der Waals surface area contributed by atoms with Crippen molar-refractivity contribution in [2.75, 3.05) is 12.4 Å². The molecular weight excluding hydrogens is 273 g/mol. The van der Waals surface area contributed by atoms with Gasteiger partial charge < -0.3 is 10.1 Å². The molecule has 20 heavy (non-hydrogen) atoms. The molecule has 1 aliphatic rings. The van der Waals surface area contributed by atoms with Gasteiger partial charge in [-0.1, -0.05) is 0 Å². The van der Waals surface area contributed by atoms with Gasteiger partial charge in [0.05, 0.1) is 6.10 Å². The van der Waals surface area contributed by atoms with Crippen molar-refractivity contribution in [3.63, 3.8) is 0 Å². The first-order valence-corrected chi connectivity index (χ1v) is 8.20. The first-order valence-electron chi connectivity index (χ1n) is 7.22. The summed E-state index contributed by atoms with van der Waals surface area (Å²) in [5.41, 5.74) is 1.06. The molecule has 0 radical (unpaired) electrons. The summed E-state index contributed by atoms with van der Waals surface area (Å²) in [4.78, 5) is 1.15. The fraction of sp³-hybridized carbons (Fsp3) is 0.625. The van der Waals surface area contributed by atoms with E-state index in [1.165, 1.54) is 0 Å². The molecule has 0 saturated carbocycles. The Balaban J connectivity index is 1.99. The quantitative estimate of drug-likeness (QED) is 0.831. The smallest absolute Gasteiger partial charge is 0.123 e. The second kappa shape index (κ2) is 6.92. The molecule has 1 fully saturated rings. The third-order valence-corrected chi connectivity index (χ3v) is 4.53. The second-order valence-corrected chi connectivity index (χ2v) is 7.36. The Kier molecular flexibility index (Phi) is 5.47. The molecule has 0 spiro atoms. The van der Waals surface area contributed by atoms with Crippen LogP contribution in [0.5, 0.6) is 0 Å². The Bertz CT molecular complexity index is 439. The molecule has 1 N–H and O–H groups in total. The van der Waals surface area contributed by atoms with Crippen molar-refractivity contribution < 1.29 is 9.13 Å². The van der Waals surface area contributed by atoms with Crippen LogP contribution in [0, 0.1) is 5.82 Å². The van der Waals surface area contributed by atoms with E-state index >= 15 is 0 Å². The maximum atomic E-state index is 13.4. The van der Waals surface area contributed by atoms with Crippen LogP contribution < -0.4 is 5.32 Å². The van der Waals surface area contributed by atoms with Crippen LogP contribution in [-0.2, 0) is 11.3 Å². The van der Waals surface area contributed by atoms with E-state index in [0.29, 0.717) is 12.6 Å². The van der Waals surface area contributed by atoms with E-state index in [1.807, 2.05) is 6.07 Å². The van der Waals surface area contributed by atoms with Crippen LogP contribution in [0.1, 0.15) is 39.2 Å². The molecule has 1 unspecified atom stereocenters. The molecule has 112 valence electrons. The normalized spacial score (nSPS) is 19.5. The standard InChI is InChI=1S/C16H24FNOS/c1-16(2,3)18-10-12-9-13(17)6-7-15(12)20-11-14-5-4-8-19-14/h6-7,9,14,18H,4-5,8,10-11H2,1-3H3. The summed E-state index contributed by atoms with van der Waals surface area (Å²) in [7, 11) is 0. The lowest BCUT2D eigenvalue weighted by molar-refractivity contribution is 0.129. The summed E-state index contributed by atoms with van der Waals surface area (Å²) >= 11 is 1.77. The van der Waals surface area contributed by atoms with E-state index < -0.39 is 0 Å². The molecule has 0 aliphatic carbocycles. The minimum Gasteiger partial charge on any atom is -0.377 e. The fourth-order valence-electron chi connectivity index (χ4n) is 2.15. The highest BCUT2D eigenvalue weighted by Gasteiger charge is 2.17. The van der Waals surface area contributed by atoms with Crippen molar-refractivity contribution in [1.29, 1.82) is 0 Å². The van der Waals surface area contributed by atoms with Crippen LogP contribution in [0.15, 0.2) is 23.1 Å². The van der Waals surface area contributed by atoms with Gasteiger partial charge in [0.25, 0.3) is 0 Å². The van der Waals surface area contributed by atoms with Crippen LogP contribution in [0.2, 0.25) is 0 Å². The minimum atomic E-state index is -0.169. The molecule has 1 heterocycles. The first kappa shape index (κ1) is 15.8. The van der Waals surface area contributed by atoms with Gasteiger partial charge in [-0.25, -0.2) is 4.39 Å². The van der Waals surface area contributed by atoms with E-state index in [0.717, 1.165) is 35.7 Å². The van der Waals surface area contributed by atoms with Gasteiger partial charge in [-0.05, 0) is 57.4 Å². The molecular formula is C16H24FNOS. The molecule has 1 aromatic rings. The van der Waals surface area contributed by atoms with Gasteiger partial charge in [0.2, 0.25) is 0 Å². The van der Waals surface area contributed by atoms with Gasteiger partial charge in [0.1, 0.15) is 5.82 Å². The number of nitrogens with one attached hydrogen (secondary N) is 1. The zero-order valence-electron chi connectivity index (χ0n) is 12.5. The third-order valence-electron chi connectivity index (χ3n) is 3.28. The Morgan fingerprint density at radius 3 is 2.85 bits per heavy atom. The van der Waals surface area contributed by atoms with Gasteiger partial charge in [-0.2, -0.15) is 0 Å². The lowest BCUT2D eigenvalue weighted by Crippen LogP contribution is -2.35. The average molecular weight is 297 g/mol. The van der Waals surface area contributed by atoms with E-state index in [2.05, 4.69) is 26.1 Å². The average Bonchev–Trinajstić information content (AvgIpc) is 2.87. The summed E-state index contributed by atoms with van der Waals surface area (Å²) < 4.78 is 19.1. The largest absolute Gasteiger partial charge is 0.377 e. The molecule has 1 aromatic carbocycles. The number of benzene rings is 1. The van der Waals surface area contributed by atoms with E-state index in [4.69, 9.17) is 4.74 Å². The van der Waals surface area contributed by atoms with Gasteiger partial charge in [0.15, 0.2) is 0 Å². The zero-order chi connectivity index (χ0) is 14.6. The van der Waals surface area contributed by atoms with Gasteiger partial charge in [-0.15, -0.1) is 11.8 Å². The lowest BCUT2D eigenvalue weighted by Gasteiger charge is -2.22. The predicted molar refractivity (Wildman–Crippen MR) is 82.7 cm³/mol. The third kappa shape index (κ3) is 5.08. The fourth-order valence-corrected chi connectivity index (χ4v) is 3.25. The summed E-state index contributed by atoms with van der Waals surface area (Å²) in [5.74, 6) is 0.783. The summed E-state index contributed by atoms with van der Waals surface area (Å²) in [5, 5.41) is 3.42. The highest BCUT2D eigenvalue weighted by molar-refractivity contribution is 7.99. The summed E-state index contributed by atoms with van der Waals surface area (Å²) in [6.07, 6.45) is 2.66. The monoisotopic (exact) mass is 297 g/mol. The molecule has 0 bridgehead atoms. The molecule has 4 heteroatoms. The number of thioether (sulfide) groups is 1. The Morgan fingerprint density at radius 1 is 1.40 bits per heavy atom. The second-order valence-electron chi connectivity index (χ2n) is 6.30. The number of halogens is 1. The topological polar surface area (TPSA) is 21.3 Å². The number of rotatable bonds is 5. The molecule has 2 rings (SSSR count). The number of ether oxygens (including phenoxy) is 1. The van der Waals surface area contributed by atoms with Crippen LogP contribution in [0.25, 0.3) is 0 Å². The van der Waals surface area contributed by atoms with Crippen LogP contribution >= 0.6 is 11.8 Å². The van der Waals surface area contributed by atoms with Crippen LogP contribution in [0.4, 0.5) is 4.39 Å². The minimum absolute atomic E-state index is 0.0306. The SMILES string of the molecule is CC(C)(C)NCc1cc(F)ccc1SCC1CCCO1. The molecule has 1 atom stereocenters. The van der Waals surface area contributed by atoms with Crippen LogP contribution in [0.3, 0.4) is 0 Å². The highest BCUT2D eigenvalue weighted by Crippen LogP contribution is 2.27. The van der Waals surface area contributed by atoms with Crippen LogP contribution in [-0.4, -0.2) is 24.0 Å². The molecule has 0 aromatic heterocycles. The Hall–Kier alpha value is -0.580. The van der Waals surface area contributed by atoms with Crippen molar-refractivity contribution in [3.05, 3.63) is 29.6 Å². The highest BCUT2D eigenvalue weighted by atomic mass is 32.2. The Labute approximate surface area is 125 Å². The van der Waals surface area contributed by atoms with Crippen molar-refractivity contribution in [2.24, 2.45) is 0 Å². The van der Waals surface area contributed by atoms with Gasteiger partial charge in [0, 0.05) is 29.3 Å². The van der Waals surface area contributed by atoms with Crippen molar-refractivity contribution in [2.45, 2.75) is 56.7 Å². The molecule has 2 nitrogen and oxygen atoms in total. The van der Waals surface area contributed by atoms with Crippen molar-refractivity contribution in [3.8, 4) is 0 Å². The molecule has 1 saturated heterocycles. The van der Waals surface area contributed by atoms with Crippen molar-refractivity contribution >= 4 is 11.8 Å². The lowest BCUT2D eigenvalue weighted by atomic mass is 10.1. The Morgan fingerprint density at radius 2 is 2.20 bits per heavy atom. The number of hydrogen-bond acceptors (Lipinski definition) is 3. The first-order chi connectivity index (χ1) is 9.44. The van der Waals surface area contributed by atoms with Gasteiger partial charge in [-0.3, -0.25) is 0 Å². The molecule has 1 aliphatic heterocycles. The van der Waals surface area contributed by atoms with Gasteiger partial charge >= 0.3 is 0 Å². The summed E-state index contributed by atoms with van der Waals surface area (Å²) in [6, 6.07) is 5.06. The maximum Gasteiger partial charge on any atom is 0.123 e. The number of hydrogen-bond donors (Lipinski definition) is 1. The molecule has 0 amide bonds. The van der Waals surface area contributed by atoms with E-state index in [9.17, 15) is 4.39 Å². The summed E-state index contributed by atoms with van der Waals surface area (Å²) in [6.45, 7) is 7.92. The van der Waals surface area contributed by atoms with E-state index in [-0.39, 0.29) is 11.4 Å². The zero-order valence-corrected chi connectivity index (χ0v) is 13.4. The van der Waals surface area contributed by atoms with Crippen molar-refractivity contribution in [1.82, 2.24) is 5.32 Å². The van der Waals surface area contributed by atoms with E-state index in [1.54, 1.807) is 23.9 Å².